The van der Waals surface area contributed by atoms with Crippen molar-refractivity contribution in [3.8, 4) is 0 Å². The van der Waals surface area contributed by atoms with Gasteiger partial charge in [0.2, 0.25) is 5.91 Å². The van der Waals surface area contributed by atoms with Crippen LogP contribution in [0.4, 0.5) is 9.52 Å². The molecule has 0 aliphatic carbocycles. The number of amides is 1. The van der Waals surface area contributed by atoms with Crippen molar-refractivity contribution in [3.05, 3.63) is 64.2 Å². The van der Waals surface area contributed by atoms with Crippen molar-refractivity contribution in [2.24, 2.45) is 5.92 Å². The molecule has 0 atom stereocenters. The molecule has 155 valence electrons. The van der Waals surface area contributed by atoms with Crippen LogP contribution in [-0.4, -0.2) is 24.0 Å². The average Bonchev–Trinajstić information content (AvgIpc) is 3.08. The first-order valence-corrected chi connectivity index (χ1v) is 10.2. The van der Waals surface area contributed by atoms with E-state index in [2.05, 4.69) is 47.7 Å². The van der Waals surface area contributed by atoms with Crippen LogP contribution in [-0.2, 0) is 24.6 Å². The number of thiazole rings is 1. The second-order valence-corrected chi connectivity index (χ2v) is 8.06. The van der Waals surface area contributed by atoms with Crippen molar-refractivity contribution >= 4 is 32.6 Å². The Morgan fingerprint density at radius 3 is 2.59 bits per heavy atom. The molecule has 1 amide bonds. The number of benzene rings is 2. The number of nitrogens with one attached hydrogen (secondary N) is 1. The molecule has 7 heteroatoms. The van der Waals surface area contributed by atoms with Crippen molar-refractivity contribution in [1.82, 2.24) is 4.98 Å². The standard InChI is InChI=1S/C15H18N3OS.C7H6F.Os/c1-9-7-10(2)13-12(8-9)17-15(20-13)18-14(19)11-3-5-16-6-4-11;1-6-4-2-3-5-7(6)8;/h7-8,11H,3-6H2,1-2H3,(H,17,18,19);3-5H,1H3;/q2*-1;+1. The molecule has 29 heavy (non-hydrogen) atoms. The third-order valence-corrected chi connectivity index (χ3v) is 5.82. The van der Waals surface area contributed by atoms with Crippen molar-refractivity contribution in [2.45, 2.75) is 33.6 Å². The van der Waals surface area contributed by atoms with Gasteiger partial charge in [0.25, 0.3) is 0 Å². The molecule has 0 bridgehead atoms. The summed E-state index contributed by atoms with van der Waals surface area (Å²) in [6.07, 6.45) is 1.71. The SMILES string of the molecule is Cc1c[c-]ccc1F.Cc1cc(C)c2sc(NC(=O)C3CC[N-]CC3)nc2c1.[Os+]. The number of carbonyl (C=O) groups excluding carboxylic acids is 1. The summed E-state index contributed by atoms with van der Waals surface area (Å²) in [5.74, 6) is 0.0134. The van der Waals surface area contributed by atoms with Crippen LogP contribution >= 0.6 is 11.3 Å². The Bertz CT molecular complexity index is 949. The Morgan fingerprint density at radius 1 is 1.24 bits per heavy atom. The first-order chi connectivity index (χ1) is 13.4. The van der Waals surface area contributed by atoms with Gasteiger partial charge < -0.3 is 10.6 Å². The van der Waals surface area contributed by atoms with Gasteiger partial charge in [0.1, 0.15) is 0 Å². The van der Waals surface area contributed by atoms with Gasteiger partial charge in [-0.05, 0) is 31.0 Å². The van der Waals surface area contributed by atoms with Crippen LogP contribution in [0.25, 0.3) is 15.5 Å². The molecular weight excluding hydrogens is 564 g/mol. The van der Waals surface area contributed by atoms with Crippen molar-refractivity contribution in [2.75, 3.05) is 18.4 Å². The van der Waals surface area contributed by atoms with Crippen LogP contribution in [0.3, 0.4) is 0 Å². The summed E-state index contributed by atoms with van der Waals surface area (Å²) < 4.78 is 13.5. The second kappa shape index (κ2) is 10.9. The van der Waals surface area contributed by atoms with Crippen LogP contribution in [0.5, 0.6) is 0 Å². The van der Waals surface area contributed by atoms with Gasteiger partial charge in [-0.25, -0.2) is 9.37 Å². The quantitative estimate of drug-likeness (QED) is 0.399. The smallest absolute Gasteiger partial charge is 0.662 e. The topological polar surface area (TPSA) is 56.1 Å². The zero-order valence-electron chi connectivity index (χ0n) is 16.7. The van der Waals surface area contributed by atoms with E-state index in [-0.39, 0.29) is 37.4 Å². The summed E-state index contributed by atoms with van der Waals surface area (Å²) in [7, 11) is 0. The molecule has 1 radical (unpaired) electrons. The number of hydrogen-bond donors (Lipinski definition) is 1. The fraction of sp³-hybridized carbons (Fsp3) is 0.364. The number of anilines is 1. The van der Waals surface area contributed by atoms with Crippen molar-refractivity contribution in [1.29, 1.82) is 0 Å². The molecule has 1 aliphatic rings. The zero-order valence-corrected chi connectivity index (χ0v) is 20.1. The monoisotopic (exact) mass is 589 g/mol. The molecule has 4 nitrogen and oxygen atoms in total. The minimum Gasteiger partial charge on any atom is -0.662 e. The summed E-state index contributed by atoms with van der Waals surface area (Å²) in [4.78, 5) is 16.7. The molecule has 2 heterocycles. The number of aryl methyl sites for hydroxylation is 3. The van der Waals surface area contributed by atoms with Crippen LogP contribution in [0.2, 0.25) is 0 Å². The molecule has 1 aromatic heterocycles. The fourth-order valence-corrected chi connectivity index (χ4v) is 4.06. The van der Waals surface area contributed by atoms with E-state index in [4.69, 9.17) is 0 Å². The summed E-state index contributed by atoms with van der Waals surface area (Å²) in [5, 5.41) is 7.96. The van der Waals surface area contributed by atoms with E-state index < -0.39 is 0 Å². The van der Waals surface area contributed by atoms with Gasteiger partial charge in [0.15, 0.2) is 5.13 Å². The van der Waals surface area contributed by atoms with Gasteiger partial charge in [-0.2, -0.15) is 18.2 Å². The first-order valence-electron chi connectivity index (χ1n) is 9.38. The Balaban J connectivity index is 0.000000283. The molecule has 4 rings (SSSR count). The summed E-state index contributed by atoms with van der Waals surface area (Å²) in [6, 6.07) is 11.5. The van der Waals surface area contributed by atoms with Gasteiger partial charge in [0, 0.05) is 11.7 Å². The van der Waals surface area contributed by atoms with E-state index in [9.17, 15) is 9.18 Å². The van der Waals surface area contributed by atoms with E-state index in [0.29, 0.717) is 10.7 Å². The Hall–Kier alpha value is -1.67. The molecule has 2 aromatic carbocycles. The molecule has 0 unspecified atom stereocenters. The number of piperidine rings is 1. The molecule has 0 spiro atoms. The van der Waals surface area contributed by atoms with E-state index in [1.807, 2.05) is 0 Å². The third-order valence-electron chi connectivity index (χ3n) is 4.69. The summed E-state index contributed by atoms with van der Waals surface area (Å²) in [6.45, 7) is 7.47. The van der Waals surface area contributed by atoms with E-state index in [0.717, 1.165) is 36.1 Å². The molecule has 1 N–H and O–H groups in total. The third kappa shape index (κ3) is 6.40. The van der Waals surface area contributed by atoms with Crippen molar-refractivity contribution < 1.29 is 29.0 Å². The van der Waals surface area contributed by atoms with Gasteiger partial charge in [-0.3, -0.25) is 4.79 Å². The van der Waals surface area contributed by atoms with E-state index in [1.165, 1.54) is 17.2 Å². The van der Waals surface area contributed by atoms with E-state index >= 15 is 0 Å². The van der Waals surface area contributed by atoms with Crippen LogP contribution in [0.15, 0.2) is 30.3 Å². The van der Waals surface area contributed by atoms with Gasteiger partial charge >= 0.3 is 19.8 Å². The molecule has 1 aliphatic heterocycles. The van der Waals surface area contributed by atoms with Crippen LogP contribution in [0, 0.1) is 38.6 Å². The van der Waals surface area contributed by atoms with Crippen molar-refractivity contribution in [3.63, 3.8) is 0 Å². The number of carbonyl (C=O) groups is 1. The summed E-state index contributed by atoms with van der Waals surface area (Å²) >= 11 is 1.56. The minimum atomic E-state index is -0.163. The maximum absolute atomic E-state index is 12.3. The molecule has 3 aromatic rings. The molecular formula is C22H24FN3OOsS-. The Labute approximate surface area is 188 Å². The normalized spacial score (nSPS) is 13.9. The predicted molar refractivity (Wildman–Crippen MR) is 114 cm³/mol. The predicted octanol–water partition coefficient (Wildman–Crippen LogP) is 5.57. The molecule has 0 saturated carbocycles. The Kier molecular flexibility index (Phi) is 8.89. The average molecular weight is 588 g/mol. The zero-order chi connectivity index (χ0) is 20.1. The van der Waals surface area contributed by atoms with Gasteiger partial charge in [-0.1, -0.05) is 37.2 Å². The number of nitrogens with zero attached hydrogens (tertiary/aromatic N) is 2. The maximum Gasteiger partial charge on any atom is 1.00 e. The van der Waals surface area contributed by atoms with Gasteiger partial charge in [-0.15, -0.1) is 24.7 Å². The van der Waals surface area contributed by atoms with Crippen LogP contribution < -0.4 is 5.32 Å². The molecule has 1 fully saturated rings. The first kappa shape index (κ1) is 23.6. The van der Waals surface area contributed by atoms with Gasteiger partial charge in [0.05, 0.1) is 10.2 Å². The Morgan fingerprint density at radius 2 is 1.97 bits per heavy atom. The van der Waals surface area contributed by atoms with Crippen LogP contribution in [0.1, 0.15) is 29.5 Å². The minimum absolute atomic E-state index is 0. The number of rotatable bonds is 2. The maximum atomic E-state index is 12.3. The molecule has 1 saturated heterocycles. The largest absolute Gasteiger partial charge is 1.00 e. The van der Waals surface area contributed by atoms with E-state index in [1.54, 1.807) is 30.4 Å². The number of hydrogen-bond acceptors (Lipinski definition) is 3. The fourth-order valence-electron chi connectivity index (χ4n) is 3.14. The number of aromatic nitrogens is 1. The second-order valence-electron chi connectivity index (χ2n) is 7.06. The summed E-state index contributed by atoms with van der Waals surface area (Å²) in [5.41, 5.74) is 4.04. The number of fused-ring (bicyclic) bond motifs is 1. The number of halogens is 1.